The quantitative estimate of drug-likeness (QED) is 0.0304. The second-order valence-electron chi connectivity index (χ2n) is 11.8. The molecule has 256 valence electrons. The molecule has 5 aromatic rings. The second-order valence-corrected chi connectivity index (χ2v) is 14.0. The molecule has 6 rings (SSSR count). The fourth-order valence-electron chi connectivity index (χ4n) is 5.52. The van der Waals surface area contributed by atoms with Crippen molar-refractivity contribution < 1.29 is 28.6 Å². The lowest BCUT2D eigenvalue weighted by molar-refractivity contribution is -0.132. The number of ether oxygens (including phenoxy) is 2. The minimum atomic E-state index is -0.968. The van der Waals surface area contributed by atoms with Crippen molar-refractivity contribution >= 4 is 45.7 Å². The molecule has 0 radical (unpaired) electrons. The number of aromatic nitrogens is 2. The highest BCUT2D eigenvalue weighted by atomic mass is 32.2. The van der Waals surface area contributed by atoms with E-state index >= 15 is 0 Å². The van der Waals surface area contributed by atoms with Gasteiger partial charge in [-0.3, -0.25) is 14.5 Å². The molecule has 1 atom stereocenters. The highest BCUT2D eigenvalue weighted by molar-refractivity contribution is 8.00. The standard InChI is InChI=1S/C39H36FN3O5S2/c1-3-4-7-22-47-31-18-12-27(13-19-31)34-33(35(44)28-14-20-32(21-15-28)48-23-29-9-6-5-8-25(29)2)36(45)37(46)43(34)38-41-42-39(50-38)49-24-26-10-16-30(40)17-11-26/h5-6,8-21,34,44H,3-4,7,22-24H2,1-2H3/b35-33+. The maximum absolute atomic E-state index is 13.7. The van der Waals surface area contributed by atoms with Crippen molar-refractivity contribution in [3.8, 4) is 11.5 Å². The minimum absolute atomic E-state index is 0.0593. The highest BCUT2D eigenvalue weighted by Crippen LogP contribution is 2.44. The van der Waals surface area contributed by atoms with Crippen LogP contribution in [0.5, 0.6) is 11.5 Å². The molecule has 0 saturated carbocycles. The van der Waals surface area contributed by atoms with Crippen molar-refractivity contribution in [1.29, 1.82) is 0 Å². The Bertz CT molecular complexity index is 1980. The number of hydrogen-bond acceptors (Lipinski definition) is 9. The predicted octanol–water partition coefficient (Wildman–Crippen LogP) is 9.05. The monoisotopic (exact) mass is 709 g/mol. The largest absolute Gasteiger partial charge is 0.507 e. The number of aliphatic hydroxyl groups excluding tert-OH is 1. The van der Waals surface area contributed by atoms with Crippen LogP contribution in [0.25, 0.3) is 5.76 Å². The molecule has 50 heavy (non-hydrogen) atoms. The van der Waals surface area contributed by atoms with Gasteiger partial charge in [0.15, 0.2) is 4.34 Å². The van der Waals surface area contributed by atoms with Crippen LogP contribution in [0.2, 0.25) is 0 Å². The molecule has 1 aromatic heterocycles. The number of halogens is 1. The van der Waals surface area contributed by atoms with Crippen LogP contribution < -0.4 is 14.4 Å². The molecule has 1 unspecified atom stereocenters. The van der Waals surface area contributed by atoms with Crippen LogP contribution in [-0.2, 0) is 21.9 Å². The maximum Gasteiger partial charge on any atom is 0.301 e. The molecule has 4 aromatic carbocycles. The summed E-state index contributed by atoms with van der Waals surface area (Å²) >= 11 is 2.55. The molecule has 1 fully saturated rings. The lowest BCUT2D eigenvalue weighted by Gasteiger charge is -2.22. The van der Waals surface area contributed by atoms with Crippen molar-refractivity contribution in [2.75, 3.05) is 11.5 Å². The van der Waals surface area contributed by atoms with E-state index in [-0.39, 0.29) is 22.3 Å². The van der Waals surface area contributed by atoms with Crippen LogP contribution in [0.4, 0.5) is 9.52 Å². The number of benzene rings is 4. The van der Waals surface area contributed by atoms with E-state index in [1.807, 2.05) is 31.2 Å². The first-order valence-corrected chi connectivity index (χ1v) is 18.1. The molecule has 1 aliphatic heterocycles. The van der Waals surface area contributed by atoms with Gasteiger partial charge in [0.2, 0.25) is 5.13 Å². The van der Waals surface area contributed by atoms with Gasteiger partial charge in [-0.2, -0.15) is 0 Å². The third-order valence-corrected chi connectivity index (χ3v) is 10.4. The Balaban J connectivity index is 1.29. The summed E-state index contributed by atoms with van der Waals surface area (Å²) < 4.78 is 25.8. The molecule has 0 spiro atoms. The Hall–Kier alpha value is -5.00. The van der Waals surface area contributed by atoms with Gasteiger partial charge >= 0.3 is 5.91 Å². The summed E-state index contributed by atoms with van der Waals surface area (Å²) in [4.78, 5) is 28.7. The topological polar surface area (TPSA) is 102 Å². The highest BCUT2D eigenvalue weighted by Gasteiger charge is 2.48. The maximum atomic E-state index is 13.7. The van der Waals surface area contributed by atoms with Gasteiger partial charge in [0.25, 0.3) is 5.78 Å². The van der Waals surface area contributed by atoms with Crippen molar-refractivity contribution in [3.63, 3.8) is 0 Å². The van der Waals surface area contributed by atoms with Crippen molar-refractivity contribution in [2.45, 2.75) is 55.9 Å². The minimum Gasteiger partial charge on any atom is -0.507 e. The average molecular weight is 710 g/mol. The molecular weight excluding hydrogens is 674 g/mol. The Morgan fingerprint density at radius 1 is 0.900 bits per heavy atom. The number of thioether (sulfide) groups is 1. The first kappa shape index (κ1) is 34.8. The van der Waals surface area contributed by atoms with Crippen LogP contribution >= 0.6 is 23.1 Å². The summed E-state index contributed by atoms with van der Waals surface area (Å²) in [5, 5.41) is 20.4. The Labute approximate surface area is 298 Å². The number of nitrogens with zero attached hydrogens (tertiary/aromatic N) is 3. The molecule has 1 N–H and O–H groups in total. The van der Waals surface area contributed by atoms with Gasteiger partial charge in [0.05, 0.1) is 18.2 Å². The third-order valence-electron chi connectivity index (χ3n) is 8.32. The number of amides is 1. The first-order valence-electron chi connectivity index (χ1n) is 16.3. The Kier molecular flexibility index (Phi) is 11.2. The van der Waals surface area contributed by atoms with Gasteiger partial charge < -0.3 is 14.6 Å². The molecule has 1 aliphatic rings. The summed E-state index contributed by atoms with van der Waals surface area (Å²) in [5.74, 6) is -0.498. The molecule has 1 amide bonds. The predicted molar refractivity (Wildman–Crippen MR) is 194 cm³/mol. The smallest absolute Gasteiger partial charge is 0.301 e. The Morgan fingerprint density at radius 2 is 1.60 bits per heavy atom. The van der Waals surface area contributed by atoms with E-state index in [0.29, 0.717) is 45.9 Å². The average Bonchev–Trinajstić information content (AvgIpc) is 3.71. The molecule has 0 bridgehead atoms. The molecule has 1 saturated heterocycles. The number of carbonyl (C=O) groups is 2. The zero-order valence-corrected chi connectivity index (χ0v) is 29.3. The number of aliphatic hydroxyl groups is 1. The van der Waals surface area contributed by atoms with Gasteiger partial charge in [-0.15, -0.1) is 10.2 Å². The second kappa shape index (κ2) is 16.1. The lowest BCUT2D eigenvalue weighted by Crippen LogP contribution is -2.29. The van der Waals surface area contributed by atoms with Crippen molar-refractivity contribution in [1.82, 2.24) is 10.2 Å². The van der Waals surface area contributed by atoms with Crippen molar-refractivity contribution in [3.05, 3.63) is 136 Å². The molecule has 8 nitrogen and oxygen atoms in total. The van der Waals surface area contributed by atoms with Gasteiger partial charge in [-0.05, 0) is 84.1 Å². The summed E-state index contributed by atoms with van der Waals surface area (Å²) in [6, 6.07) is 27.1. The van der Waals surface area contributed by atoms with Crippen LogP contribution in [0.3, 0.4) is 0 Å². The number of carbonyl (C=O) groups excluding carboxylic acids is 2. The van der Waals surface area contributed by atoms with Crippen LogP contribution in [-0.4, -0.2) is 33.6 Å². The number of anilines is 1. The van der Waals surface area contributed by atoms with Crippen LogP contribution in [0.1, 0.15) is 60.0 Å². The van der Waals surface area contributed by atoms with E-state index in [4.69, 9.17) is 9.47 Å². The fraction of sp³-hybridized carbons (Fsp3) is 0.231. The molecular formula is C39H36FN3O5S2. The van der Waals surface area contributed by atoms with Gasteiger partial charge in [0, 0.05) is 11.3 Å². The zero-order valence-electron chi connectivity index (χ0n) is 27.7. The summed E-state index contributed by atoms with van der Waals surface area (Å²) in [5.41, 5.74) is 3.98. The number of hydrogen-bond donors (Lipinski definition) is 1. The number of rotatable bonds is 14. The lowest BCUT2D eigenvalue weighted by atomic mass is 9.95. The SMILES string of the molecule is CCCCCOc1ccc(C2/C(=C(\O)c3ccc(OCc4ccccc4C)cc3)C(=O)C(=O)N2c2nnc(SCc3ccc(F)cc3)s2)cc1. The number of ketones is 1. The van der Waals surface area contributed by atoms with E-state index in [1.165, 1.54) is 40.1 Å². The van der Waals surface area contributed by atoms with E-state index in [1.54, 1.807) is 60.7 Å². The van der Waals surface area contributed by atoms with E-state index < -0.39 is 17.7 Å². The summed E-state index contributed by atoms with van der Waals surface area (Å²) in [6.45, 7) is 5.12. The molecule has 11 heteroatoms. The van der Waals surface area contributed by atoms with E-state index in [9.17, 15) is 19.1 Å². The third kappa shape index (κ3) is 8.06. The number of Topliss-reactive ketones (excluding diaryl/α,β-unsaturated/α-hetero) is 1. The van der Waals surface area contributed by atoms with E-state index in [2.05, 4.69) is 17.1 Å². The zero-order chi connectivity index (χ0) is 35.0. The molecule has 2 heterocycles. The van der Waals surface area contributed by atoms with Gasteiger partial charge in [0.1, 0.15) is 29.7 Å². The normalized spacial score (nSPS) is 15.4. The van der Waals surface area contributed by atoms with Crippen molar-refractivity contribution in [2.24, 2.45) is 0 Å². The number of unbranched alkanes of at least 4 members (excludes halogenated alkanes) is 2. The summed E-state index contributed by atoms with van der Waals surface area (Å²) in [7, 11) is 0. The van der Waals surface area contributed by atoms with Crippen LogP contribution in [0.15, 0.2) is 107 Å². The van der Waals surface area contributed by atoms with Gasteiger partial charge in [-0.1, -0.05) is 91.4 Å². The fourth-order valence-corrected chi connectivity index (χ4v) is 7.34. The first-order chi connectivity index (χ1) is 24.3. The Morgan fingerprint density at radius 3 is 2.32 bits per heavy atom. The van der Waals surface area contributed by atoms with Crippen LogP contribution in [0, 0.1) is 12.7 Å². The number of aryl methyl sites for hydroxylation is 1. The van der Waals surface area contributed by atoms with E-state index in [0.717, 1.165) is 36.0 Å². The van der Waals surface area contributed by atoms with Gasteiger partial charge in [-0.25, -0.2) is 4.39 Å². The molecule has 0 aliphatic carbocycles. The summed E-state index contributed by atoms with van der Waals surface area (Å²) in [6.07, 6.45) is 3.09.